The van der Waals surface area contributed by atoms with E-state index >= 15 is 0 Å². The largest absolute Gasteiger partial charge is 0.496 e. The monoisotopic (exact) mass is 434 g/mol. The molecule has 1 saturated heterocycles. The molecule has 0 spiro atoms. The third kappa shape index (κ3) is 4.64. The van der Waals surface area contributed by atoms with Gasteiger partial charge >= 0.3 is 0 Å². The van der Waals surface area contributed by atoms with Crippen molar-refractivity contribution in [1.29, 1.82) is 0 Å². The van der Waals surface area contributed by atoms with Crippen LogP contribution in [0.2, 0.25) is 0 Å². The molecule has 3 aromatic rings. The van der Waals surface area contributed by atoms with Crippen LogP contribution in [0.1, 0.15) is 56.5 Å². The molecular formula is C24H26N4O4. The topological polar surface area (TPSA) is 97.6 Å². The Morgan fingerprint density at radius 3 is 2.75 bits per heavy atom. The van der Waals surface area contributed by atoms with Gasteiger partial charge in [0.25, 0.3) is 11.8 Å². The van der Waals surface area contributed by atoms with Gasteiger partial charge in [-0.2, -0.15) is 0 Å². The van der Waals surface area contributed by atoms with E-state index in [1.807, 2.05) is 36.1 Å². The van der Waals surface area contributed by atoms with Crippen molar-refractivity contribution in [1.82, 2.24) is 20.4 Å². The number of benzene rings is 1. The number of piperidine rings is 1. The molecule has 32 heavy (non-hydrogen) atoms. The predicted octanol–water partition coefficient (Wildman–Crippen LogP) is 3.34. The maximum Gasteiger partial charge on any atom is 0.290 e. The van der Waals surface area contributed by atoms with Gasteiger partial charge in [0.2, 0.25) is 5.76 Å². The van der Waals surface area contributed by atoms with Crippen LogP contribution in [0.4, 0.5) is 0 Å². The summed E-state index contributed by atoms with van der Waals surface area (Å²) in [6.07, 6.45) is 4.88. The van der Waals surface area contributed by atoms with Crippen LogP contribution in [-0.2, 0) is 6.54 Å². The first-order valence-corrected chi connectivity index (χ1v) is 10.6. The first-order valence-electron chi connectivity index (χ1n) is 10.6. The molecule has 0 bridgehead atoms. The second-order valence-electron chi connectivity index (χ2n) is 7.87. The van der Waals surface area contributed by atoms with Gasteiger partial charge in [0.15, 0.2) is 0 Å². The van der Waals surface area contributed by atoms with Crippen molar-refractivity contribution in [2.24, 2.45) is 0 Å². The zero-order valence-corrected chi connectivity index (χ0v) is 18.2. The number of pyridine rings is 1. The van der Waals surface area contributed by atoms with Gasteiger partial charge in [0, 0.05) is 55.1 Å². The van der Waals surface area contributed by atoms with Crippen molar-refractivity contribution in [2.75, 3.05) is 20.2 Å². The zero-order valence-electron chi connectivity index (χ0n) is 18.2. The summed E-state index contributed by atoms with van der Waals surface area (Å²) in [5.41, 5.74) is 3.19. The van der Waals surface area contributed by atoms with Gasteiger partial charge in [-0.3, -0.25) is 14.6 Å². The van der Waals surface area contributed by atoms with Crippen LogP contribution in [-0.4, -0.2) is 47.1 Å². The molecule has 2 amide bonds. The van der Waals surface area contributed by atoms with Crippen LogP contribution >= 0.6 is 0 Å². The lowest BCUT2D eigenvalue weighted by molar-refractivity contribution is 0.0710. The molecule has 2 aromatic heterocycles. The number of likely N-dealkylation sites (tertiary alicyclic amines) is 1. The van der Waals surface area contributed by atoms with Crippen molar-refractivity contribution in [3.63, 3.8) is 0 Å². The molecule has 0 saturated carbocycles. The second-order valence-corrected chi connectivity index (χ2v) is 7.87. The molecule has 1 aliphatic heterocycles. The summed E-state index contributed by atoms with van der Waals surface area (Å²) in [4.78, 5) is 31.2. The van der Waals surface area contributed by atoms with E-state index in [1.165, 1.54) is 0 Å². The highest BCUT2D eigenvalue weighted by Gasteiger charge is 2.28. The number of hydrogen-bond donors (Lipinski definition) is 1. The van der Waals surface area contributed by atoms with Gasteiger partial charge in [0.05, 0.1) is 12.8 Å². The fraction of sp³-hybridized carbons (Fsp3) is 0.333. The van der Waals surface area contributed by atoms with E-state index in [0.29, 0.717) is 30.9 Å². The highest BCUT2D eigenvalue weighted by molar-refractivity contribution is 5.95. The maximum atomic E-state index is 12.8. The Bertz CT molecular complexity index is 1100. The van der Waals surface area contributed by atoms with Crippen LogP contribution in [0.3, 0.4) is 0 Å². The number of aromatic nitrogens is 2. The van der Waals surface area contributed by atoms with Crippen molar-refractivity contribution >= 4 is 11.8 Å². The molecule has 0 atom stereocenters. The first-order chi connectivity index (χ1) is 15.6. The number of nitrogens with one attached hydrogen (secondary N) is 1. The molecule has 4 rings (SSSR count). The molecule has 0 aliphatic carbocycles. The minimum atomic E-state index is -0.324. The van der Waals surface area contributed by atoms with E-state index < -0.39 is 0 Å². The van der Waals surface area contributed by atoms with Crippen LogP contribution in [0.5, 0.6) is 5.75 Å². The quantitative estimate of drug-likeness (QED) is 0.639. The minimum absolute atomic E-state index is 0.0277. The minimum Gasteiger partial charge on any atom is -0.496 e. The number of carbonyl (C=O) groups excluding carboxylic acids is 2. The van der Waals surface area contributed by atoms with Crippen LogP contribution in [0.25, 0.3) is 0 Å². The van der Waals surface area contributed by atoms with Gasteiger partial charge in [-0.05, 0) is 37.5 Å². The fourth-order valence-electron chi connectivity index (χ4n) is 3.96. The number of para-hydroxylation sites is 1. The van der Waals surface area contributed by atoms with Crippen molar-refractivity contribution in [3.8, 4) is 5.75 Å². The lowest BCUT2D eigenvalue weighted by Gasteiger charge is -2.31. The molecule has 8 heteroatoms. The summed E-state index contributed by atoms with van der Waals surface area (Å²) in [7, 11) is 1.60. The van der Waals surface area contributed by atoms with Crippen LogP contribution in [0, 0.1) is 6.92 Å². The smallest absolute Gasteiger partial charge is 0.290 e. The molecule has 0 radical (unpaired) electrons. The molecule has 0 unspecified atom stereocenters. The average molecular weight is 434 g/mol. The van der Waals surface area contributed by atoms with Crippen molar-refractivity contribution in [2.45, 2.75) is 32.2 Å². The number of hydrogen-bond acceptors (Lipinski definition) is 6. The zero-order chi connectivity index (χ0) is 22.5. The lowest BCUT2D eigenvalue weighted by atomic mass is 9.93. The Labute approximate surface area is 186 Å². The third-order valence-electron chi connectivity index (χ3n) is 5.84. The summed E-state index contributed by atoms with van der Waals surface area (Å²) in [5, 5.41) is 6.96. The number of rotatable bonds is 6. The standard InChI is InChI=1S/C24H26N4O4/c1-16-14-25-10-7-19(16)24(30)28-11-8-17(9-12-28)20-13-22(32-27-20)23(29)26-15-18-5-3-4-6-21(18)31-2/h3-7,10,13-14,17H,8-9,11-12,15H2,1-2H3,(H,26,29). The molecule has 1 N–H and O–H groups in total. The van der Waals surface area contributed by atoms with E-state index in [0.717, 1.165) is 29.7 Å². The van der Waals surface area contributed by atoms with Crippen LogP contribution < -0.4 is 10.1 Å². The Hall–Kier alpha value is -3.68. The summed E-state index contributed by atoms with van der Waals surface area (Å²) in [6, 6.07) is 11.0. The van der Waals surface area contributed by atoms with E-state index in [9.17, 15) is 9.59 Å². The molecular weight excluding hydrogens is 408 g/mol. The van der Waals surface area contributed by atoms with Gasteiger partial charge in [-0.15, -0.1) is 0 Å². The number of methoxy groups -OCH3 is 1. The Morgan fingerprint density at radius 1 is 1.22 bits per heavy atom. The summed E-state index contributed by atoms with van der Waals surface area (Å²) < 4.78 is 10.6. The highest BCUT2D eigenvalue weighted by atomic mass is 16.5. The number of aryl methyl sites for hydroxylation is 1. The third-order valence-corrected chi connectivity index (χ3v) is 5.84. The number of nitrogens with zero attached hydrogens (tertiary/aromatic N) is 3. The Kier molecular flexibility index (Phi) is 6.49. The maximum absolute atomic E-state index is 12.8. The molecule has 1 fully saturated rings. The van der Waals surface area contributed by atoms with Crippen molar-refractivity contribution < 1.29 is 18.8 Å². The van der Waals surface area contributed by atoms with E-state index in [4.69, 9.17) is 9.26 Å². The van der Waals surface area contributed by atoms with Gasteiger partial charge in [-0.1, -0.05) is 23.4 Å². The van der Waals surface area contributed by atoms with Crippen molar-refractivity contribution in [3.05, 3.63) is 76.9 Å². The number of amides is 2. The Morgan fingerprint density at radius 2 is 2.00 bits per heavy atom. The predicted molar refractivity (Wildman–Crippen MR) is 118 cm³/mol. The van der Waals surface area contributed by atoms with Gasteiger partial charge < -0.3 is 19.5 Å². The number of carbonyl (C=O) groups is 2. The van der Waals surface area contributed by atoms with E-state index in [-0.39, 0.29) is 23.5 Å². The number of ether oxygens (including phenoxy) is 1. The summed E-state index contributed by atoms with van der Waals surface area (Å²) in [5.74, 6) is 0.752. The molecule has 8 nitrogen and oxygen atoms in total. The molecule has 166 valence electrons. The van der Waals surface area contributed by atoms with E-state index in [1.54, 1.807) is 31.6 Å². The molecule has 3 heterocycles. The lowest BCUT2D eigenvalue weighted by Crippen LogP contribution is -2.38. The highest BCUT2D eigenvalue weighted by Crippen LogP contribution is 2.28. The molecule has 1 aromatic carbocycles. The fourth-order valence-corrected chi connectivity index (χ4v) is 3.96. The SMILES string of the molecule is COc1ccccc1CNC(=O)c1cc(C2CCN(C(=O)c3ccncc3C)CC2)no1. The van der Waals surface area contributed by atoms with Crippen LogP contribution in [0.15, 0.2) is 53.3 Å². The summed E-state index contributed by atoms with van der Waals surface area (Å²) in [6.45, 7) is 3.48. The summed E-state index contributed by atoms with van der Waals surface area (Å²) >= 11 is 0. The second kappa shape index (κ2) is 9.64. The molecule has 1 aliphatic rings. The normalized spacial score (nSPS) is 14.2. The van der Waals surface area contributed by atoms with Gasteiger partial charge in [0.1, 0.15) is 5.75 Å². The van der Waals surface area contributed by atoms with E-state index in [2.05, 4.69) is 15.5 Å². The van der Waals surface area contributed by atoms with Gasteiger partial charge in [-0.25, -0.2) is 0 Å². The average Bonchev–Trinajstić information content (AvgIpc) is 3.33. The Balaban J connectivity index is 1.33. The first kappa shape index (κ1) is 21.5.